The number of carboxylic acid groups (broad SMARTS) is 1. The van der Waals surface area contributed by atoms with Crippen molar-refractivity contribution in [3.05, 3.63) is 41.0 Å². The molecule has 9 nitrogen and oxygen atoms in total. The smallest absolute Gasteiger partial charge is 0.341 e. The van der Waals surface area contributed by atoms with Crippen molar-refractivity contribution in [2.45, 2.75) is 20.0 Å². The van der Waals surface area contributed by atoms with Crippen LogP contribution in [0.3, 0.4) is 0 Å². The van der Waals surface area contributed by atoms with Gasteiger partial charge < -0.3 is 26.0 Å². The van der Waals surface area contributed by atoms with E-state index in [9.17, 15) is 4.79 Å². The van der Waals surface area contributed by atoms with Crippen LogP contribution in [-0.2, 0) is 17.8 Å². The molecule has 0 amide bonds. The quantitative estimate of drug-likeness (QED) is 0.517. The van der Waals surface area contributed by atoms with Gasteiger partial charge in [-0.2, -0.15) is 4.98 Å². The molecule has 0 atom stereocenters. The van der Waals surface area contributed by atoms with Crippen molar-refractivity contribution in [1.29, 1.82) is 0 Å². The Hall–Kier alpha value is -3.40. The standard InChI is InChI=1S/C18H19N5O4S/c1-2-13-15(16(19)23-18(20)22-13)27-7-11-9-28-17(21-11)10-3-5-12(6-4-10)26-8-14(24)25/h3-6,9H,2,7-8H2,1H3,(H,24,25)(H4,19,20,22,23). The highest BCUT2D eigenvalue weighted by atomic mass is 32.1. The first-order valence-electron chi connectivity index (χ1n) is 8.40. The molecule has 28 heavy (non-hydrogen) atoms. The van der Waals surface area contributed by atoms with Crippen molar-refractivity contribution in [2.24, 2.45) is 0 Å². The number of benzene rings is 1. The van der Waals surface area contributed by atoms with E-state index in [1.54, 1.807) is 12.1 Å². The molecule has 5 N–H and O–H groups in total. The molecule has 0 saturated carbocycles. The van der Waals surface area contributed by atoms with E-state index >= 15 is 0 Å². The maximum Gasteiger partial charge on any atom is 0.341 e. The average molecular weight is 401 g/mol. The van der Waals surface area contributed by atoms with Crippen LogP contribution in [0, 0.1) is 0 Å². The minimum atomic E-state index is -1.02. The summed E-state index contributed by atoms with van der Waals surface area (Å²) >= 11 is 1.47. The fourth-order valence-electron chi connectivity index (χ4n) is 2.42. The van der Waals surface area contributed by atoms with Gasteiger partial charge in [-0.1, -0.05) is 6.92 Å². The highest BCUT2D eigenvalue weighted by Crippen LogP contribution is 2.28. The second-order valence-electron chi connectivity index (χ2n) is 5.74. The summed E-state index contributed by atoms with van der Waals surface area (Å²) in [4.78, 5) is 23.2. The molecule has 0 radical (unpaired) electrons. The van der Waals surface area contributed by atoms with Crippen molar-refractivity contribution >= 4 is 29.1 Å². The number of aryl methyl sites for hydroxylation is 1. The van der Waals surface area contributed by atoms with Crippen LogP contribution >= 0.6 is 11.3 Å². The molecule has 146 valence electrons. The molecule has 0 aliphatic rings. The number of nitrogens with two attached hydrogens (primary N) is 2. The lowest BCUT2D eigenvalue weighted by Gasteiger charge is -2.11. The summed E-state index contributed by atoms with van der Waals surface area (Å²) in [6, 6.07) is 7.05. The summed E-state index contributed by atoms with van der Waals surface area (Å²) in [5, 5.41) is 11.3. The number of hydrogen-bond donors (Lipinski definition) is 3. The van der Waals surface area contributed by atoms with Crippen LogP contribution in [0.2, 0.25) is 0 Å². The Morgan fingerprint density at radius 1 is 1.14 bits per heavy atom. The molecule has 3 rings (SSSR count). The number of aromatic nitrogens is 3. The third-order valence-electron chi connectivity index (χ3n) is 3.69. The van der Waals surface area contributed by atoms with E-state index in [-0.39, 0.29) is 25.0 Å². The fraction of sp³-hybridized carbons (Fsp3) is 0.222. The molecule has 0 fully saturated rings. The van der Waals surface area contributed by atoms with E-state index < -0.39 is 5.97 Å². The monoisotopic (exact) mass is 401 g/mol. The third-order valence-corrected chi connectivity index (χ3v) is 4.63. The van der Waals surface area contributed by atoms with E-state index in [4.69, 9.17) is 26.0 Å². The van der Waals surface area contributed by atoms with Gasteiger partial charge in [0.05, 0.1) is 11.4 Å². The minimum absolute atomic E-state index is 0.119. The van der Waals surface area contributed by atoms with Crippen molar-refractivity contribution in [3.63, 3.8) is 0 Å². The molecule has 2 aromatic heterocycles. The predicted molar refractivity (Wildman–Crippen MR) is 105 cm³/mol. The maximum atomic E-state index is 10.5. The van der Waals surface area contributed by atoms with Gasteiger partial charge in [0.15, 0.2) is 18.2 Å². The minimum Gasteiger partial charge on any atom is -0.482 e. The van der Waals surface area contributed by atoms with Gasteiger partial charge in [0, 0.05) is 10.9 Å². The van der Waals surface area contributed by atoms with E-state index in [1.165, 1.54) is 11.3 Å². The van der Waals surface area contributed by atoms with Crippen LogP contribution < -0.4 is 20.9 Å². The summed E-state index contributed by atoms with van der Waals surface area (Å²) < 4.78 is 10.9. The molecule has 0 spiro atoms. The SMILES string of the molecule is CCc1nc(N)nc(N)c1OCc1csc(-c2ccc(OCC(=O)O)cc2)n1. The van der Waals surface area contributed by atoms with Crippen LogP contribution in [0.4, 0.5) is 11.8 Å². The van der Waals surface area contributed by atoms with Crippen LogP contribution in [0.1, 0.15) is 18.3 Å². The Labute approximate surface area is 165 Å². The van der Waals surface area contributed by atoms with E-state index in [0.717, 1.165) is 16.3 Å². The fourth-order valence-corrected chi connectivity index (χ4v) is 3.23. The van der Waals surface area contributed by atoms with E-state index in [2.05, 4.69) is 15.0 Å². The molecular weight excluding hydrogens is 382 g/mol. The van der Waals surface area contributed by atoms with Crippen molar-refractivity contribution < 1.29 is 19.4 Å². The number of anilines is 2. The normalized spacial score (nSPS) is 10.6. The van der Waals surface area contributed by atoms with E-state index in [0.29, 0.717) is 23.6 Å². The van der Waals surface area contributed by atoms with Crippen molar-refractivity contribution in [1.82, 2.24) is 15.0 Å². The summed E-state index contributed by atoms with van der Waals surface area (Å²) in [6.45, 7) is 1.77. The lowest BCUT2D eigenvalue weighted by molar-refractivity contribution is -0.139. The molecule has 1 aromatic carbocycles. The second kappa shape index (κ2) is 8.53. The number of rotatable bonds is 8. The van der Waals surface area contributed by atoms with Crippen LogP contribution in [0.5, 0.6) is 11.5 Å². The Morgan fingerprint density at radius 2 is 1.89 bits per heavy atom. The van der Waals surface area contributed by atoms with Gasteiger partial charge in [-0.05, 0) is 30.7 Å². The Bertz CT molecular complexity index is 975. The van der Waals surface area contributed by atoms with Gasteiger partial charge >= 0.3 is 5.97 Å². The lowest BCUT2D eigenvalue weighted by atomic mass is 10.2. The molecule has 0 aliphatic heterocycles. The van der Waals surface area contributed by atoms with Crippen LogP contribution in [0.15, 0.2) is 29.6 Å². The van der Waals surface area contributed by atoms with Crippen LogP contribution in [0.25, 0.3) is 10.6 Å². The topological polar surface area (TPSA) is 146 Å². The number of hydrogen-bond acceptors (Lipinski definition) is 9. The molecule has 0 aliphatic carbocycles. The number of carboxylic acids is 1. The largest absolute Gasteiger partial charge is 0.482 e. The van der Waals surface area contributed by atoms with Crippen molar-refractivity contribution in [3.8, 4) is 22.1 Å². The lowest BCUT2D eigenvalue weighted by Crippen LogP contribution is -2.09. The summed E-state index contributed by atoms with van der Waals surface area (Å²) in [5.74, 6) is 0.209. The van der Waals surface area contributed by atoms with Gasteiger partial charge in [-0.15, -0.1) is 11.3 Å². The van der Waals surface area contributed by atoms with Gasteiger partial charge in [0.2, 0.25) is 5.95 Å². The number of nitrogens with zero attached hydrogens (tertiary/aromatic N) is 3. The summed E-state index contributed by atoms with van der Waals surface area (Å²) in [7, 11) is 0. The highest BCUT2D eigenvalue weighted by molar-refractivity contribution is 7.13. The predicted octanol–water partition coefficient (Wildman–Crippen LogP) is 2.37. The van der Waals surface area contributed by atoms with Gasteiger partial charge in [0.1, 0.15) is 17.4 Å². The number of nitrogen functional groups attached to an aromatic ring is 2. The molecule has 10 heteroatoms. The maximum absolute atomic E-state index is 10.5. The first-order valence-corrected chi connectivity index (χ1v) is 9.28. The first-order chi connectivity index (χ1) is 13.5. The Morgan fingerprint density at radius 3 is 2.57 bits per heavy atom. The zero-order valence-electron chi connectivity index (χ0n) is 15.1. The first kappa shape index (κ1) is 19.4. The number of aliphatic carboxylic acids is 1. The zero-order valence-corrected chi connectivity index (χ0v) is 15.9. The average Bonchev–Trinajstić information content (AvgIpc) is 3.14. The number of thiazole rings is 1. The molecule has 0 unspecified atom stereocenters. The van der Waals surface area contributed by atoms with E-state index in [1.807, 2.05) is 24.4 Å². The van der Waals surface area contributed by atoms with Crippen LogP contribution in [-0.4, -0.2) is 32.6 Å². The third kappa shape index (κ3) is 4.65. The Kier molecular flexibility index (Phi) is 5.90. The van der Waals surface area contributed by atoms with Gasteiger partial charge in [0.25, 0.3) is 0 Å². The summed E-state index contributed by atoms with van der Waals surface area (Å²) in [5.41, 5.74) is 13.8. The summed E-state index contributed by atoms with van der Waals surface area (Å²) in [6.07, 6.45) is 0.616. The number of carbonyl (C=O) groups is 1. The van der Waals surface area contributed by atoms with Gasteiger partial charge in [-0.3, -0.25) is 0 Å². The highest BCUT2D eigenvalue weighted by Gasteiger charge is 2.13. The Balaban J connectivity index is 1.67. The second-order valence-corrected chi connectivity index (χ2v) is 6.59. The zero-order chi connectivity index (χ0) is 20.1. The molecule has 2 heterocycles. The molecule has 0 saturated heterocycles. The number of ether oxygens (including phenoxy) is 2. The molecular formula is C18H19N5O4S. The molecule has 0 bridgehead atoms. The van der Waals surface area contributed by atoms with Gasteiger partial charge in [-0.25, -0.2) is 14.8 Å². The molecule has 3 aromatic rings. The van der Waals surface area contributed by atoms with Crippen molar-refractivity contribution in [2.75, 3.05) is 18.1 Å².